The van der Waals surface area contributed by atoms with Gasteiger partial charge in [-0.1, -0.05) is 411 Å². The average Bonchev–Trinajstić information content (AvgIpc) is 3.59. The van der Waals surface area contributed by atoms with E-state index in [1.54, 1.807) is 0 Å². The number of carbonyl (C=O) groups is 2. The number of amides is 1. The van der Waals surface area contributed by atoms with E-state index in [4.69, 9.17) is 4.74 Å². The summed E-state index contributed by atoms with van der Waals surface area (Å²) >= 11 is 0. The van der Waals surface area contributed by atoms with Crippen molar-refractivity contribution >= 4 is 11.9 Å². The Morgan fingerprint density at radius 2 is 0.522 bits per heavy atom. The first kappa shape index (κ1) is 88.3. The van der Waals surface area contributed by atoms with E-state index in [0.29, 0.717) is 25.9 Å². The molecule has 0 aromatic heterocycles. The molecule has 0 aromatic rings. The standard InChI is InChI=1S/C84H163NO5/c1-3-5-7-9-11-13-15-17-19-21-23-24-34-37-41-44-48-52-56-60-64-68-72-76-82(87)81(80-86)85-83(88)77-73-69-65-61-57-53-49-45-42-38-35-32-30-28-26-25-27-29-31-33-36-39-43-47-51-55-59-63-67-71-75-79-90-84(89)78-74-70-66-62-58-54-50-46-40-22-20-18-16-14-12-10-8-6-4-2/h18,20,27,29,81-82,86-87H,3-17,19,21-26,28,30-80H2,1-2H3,(H,85,88)/b20-18-,29-27-. The molecule has 90 heavy (non-hydrogen) atoms. The second-order valence-electron chi connectivity index (χ2n) is 28.8. The van der Waals surface area contributed by atoms with Crippen molar-refractivity contribution in [2.24, 2.45) is 0 Å². The van der Waals surface area contributed by atoms with E-state index in [-0.39, 0.29) is 18.5 Å². The Kier molecular flexibility index (Phi) is 78.3. The molecule has 2 atom stereocenters. The zero-order chi connectivity index (χ0) is 64.9. The minimum Gasteiger partial charge on any atom is -0.466 e. The third kappa shape index (κ3) is 75.4. The molecule has 0 rings (SSSR count). The van der Waals surface area contributed by atoms with Gasteiger partial charge in [-0.3, -0.25) is 9.59 Å². The van der Waals surface area contributed by atoms with Gasteiger partial charge in [-0.2, -0.15) is 0 Å². The van der Waals surface area contributed by atoms with Crippen molar-refractivity contribution in [3.8, 4) is 0 Å². The van der Waals surface area contributed by atoms with Crippen molar-refractivity contribution < 1.29 is 24.5 Å². The van der Waals surface area contributed by atoms with Crippen LogP contribution in [0.5, 0.6) is 0 Å². The van der Waals surface area contributed by atoms with Crippen LogP contribution in [-0.4, -0.2) is 47.4 Å². The monoisotopic (exact) mass is 1270 g/mol. The van der Waals surface area contributed by atoms with E-state index in [0.717, 1.165) is 38.5 Å². The molecule has 0 aliphatic rings. The van der Waals surface area contributed by atoms with E-state index in [2.05, 4.69) is 43.5 Å². The quantitative estimate of drug-likeness (QED) is 0.0320. The first-order chi connectivity index (χ1) is 44.5. The Hall–Kier alpha value is -1.66. The lowest BCUT2D eigenvalue weighted by atomic mass is 10.0. The third-order valence-electron chi connectivity index (χ3n) is 19.7. The van der Waals surface area contributed by atoms with Crippen molar-refractivity contribution in [2.45, 2.75) is 488 Å². The fourth-order valence-corrected chi connectivity index (χ4v) is 13.4. The van der Waals surface area contributed by atoms with Gasteiger partial charge in [0.05, 0.1) is 25.4 Å². The molecule has 534 valence electrons. The molecule has 0 spiro atoms. The highest BCUT2D eigenvalue weighted by molar-refractivity contribution is 5.76. The van der Waals surface area contributed by atoms with Crippen LogP contribution < -0.4 is 5.32 Å². The lowest BCUT2D eigenvalue weighted by Crippen LogP contribution is -2.45. The van der Waals surface area contributed by atoms with Gasteiger partial charge in [0.1, 0.15) is 0 Å². The van der Waals surface area contributed by atoms with Gasteiger partial charge in [-0.05, 0) is 77.0 Å². The molecule has 0 saturated carbocycles. The number of allylic oxidation sites excluding steroid dienone is 4. The molecule has 0 radical (unpaired) electrons. The molecule has 0 saturated heterocycles. The second kappa shape index (κ2) is 79.8. The number of rotatable bonds is 79. The number of hydrogen-bond acceptors (Lipinski definition) is 5. The lowest BCUT2D eigenvalue weighted by molar-refractivity contribution is -0.143. The first-order valence-electron chi connectivity index (χ1n) is 41.6. The van der Waals surface area contributed by atoms with Gasteiger partial charge in [0.25, 0.3) is 0 Å². The predicted molar refractivity (Wildman–Crippen MR) is 398 cm³/mol. The van der Waals surface area contributed by atoms with Crippen LogP contribution >= 0.6 is 0 Å². The van der Waals surface area contributed by atoms with Crippen molar-refractivity contribution in [1.29, 1.82) is 0 Å². The van der Waals surface area contributed by atoms with Crippen LogP contribution in [0.1, 0.15) is 476 Å². The summed E-state index contributed by atoms with van der Waals surface area (Å²) in [5, 5.41) is 23.5. The van der Waals surface area contributed by atoms with Crippen molar-refractivity contribution in [3.05, 3.63) is 24.3 Å². The van der Waals surface area contributed by atoms with Crippen LogP contribution in [0.25, 0.3) is 0 Å². The summed E-state index contributed by atoms with van der Waals surface area (Å²) < 4.78 is 5.52. The highest BCUT2D eigenvalue weighted by Crippen LogP contribution is 2.20. The molecule has 3 N–H and O–H groups in total. The maximum atomic E-state index is 12.6. The lowest BCUT2D eigenvalue weighted by Gasteiger charge is -2.22. The largest absolute Gasteiger partial charge is 0.466 e. The molecular formula is C84H163NO5. The summed E-state index contributed by atoms with van der Waals surface area (Å²) in [6, 6.07) is -0.541. The average molecular weight is 1270 g/mol. The molecule has 6 nitrogen and oxygen atoms in total. The van der Waals surface area contributed by atoms with E-state index < -0.39 is 12.1 Å². The Morgan fingerprint density at radius 1 is 0.300 bits per heavy atom. The number of esters is 1. The maximum absolute atomic E-state index is 12.6. The zero-order valence-corrected chi connectivity index (χ0v) is 61.4. The summed E-state index contributed by atoms with van der Waals surface area (Å²) in [5.74, 6) is -0.00847. The minimum absolute atomic E-state index is 0.0185. The molecule has 0 aliphatic carbocycles. The van der Waals surface area contributed by atoms with E-state index in [1.165, 1.54) is 405 Å². The normalized spacial score (nSPS) is 12.5. The number of unbranched alkanes of at least 4 members (excludes halogenated alkanes) is 64. The predicted octanol–water partition coefficient (Wildman–Crippen LogP) is 27.6. The van der Waals surface area contributed by atoms with E-state index in [9.17, 15) is 19.8 Å². The number of nitrogens with one attached hydrogen (secondary N) is 1. The van der Waals surface area contributed by atoms with Crippen molar-refractivity contribution in [3.63, 3.8) is 0 Å². The SMILES string of the molecule is CCCCCCCC/C=C\CCCCCCCCCCCC(=O)OCCCCCCCCCCCCCC/C=C\CCCCCCCCCCCCCCCCCC(=O)NC(CO)C(O)CCCCCCCCCCCCCCCCCCCCCCCCC. The molecule has 0 bridgehead atoms. The number of ether oxygens (including phenoxy) is 1. The van der Waals surface area contributed by atoms with Gasteiger partial charge in [0.2, 0.25) is 5.91 Å². The number of hydrogen-bond donors (Lipinski definition) is 3. The summed E-state index contributed by atoms with van der Waals surface area (Å²) in [6.45, 7) is 5.01. The maximum Gasteiger partial charge on any atom is 0.305 e. The van der Waals surface area contributed by atoms with Gasteiger partial charge < -0.3 is 20.3 Å². The van der Waals surface area contributed by atoms with Crippen molar-refractivity contribution in [1.82, 2.24) is 5.32 Å². The number of aliphatic hydroxyl groups excluding tert-OH is 2. The van der Waals surface area contributed by atoms with Gasteiger partial charge in [-0.15, -0.1) is 0 Å². The summed E-state index contributed by atoms with van der Waals surface area (Å²) in [4.78, 5) is 24.7. The molecule has 0 heterocycles. The highest BCUT2D eigenvalue weighted by atomic mass is 16.5. The minimum atomic E-state index is -0.664. The molecule has 0 aliphatic heterocycles. The van der Waals surface area contributed by atoms with Gasteiger partial charge in [0, 0.05) is 12.8 Å². The van der Waals surface area contributed by atoms with Crippen LogP contribution in [0, 0.1) is 0 Å². The van der Waals surface area contributed by atoms with Crippen LogP contribution in [0.15, 0.2) is 24.3 Å². The van der Waals surface area contributed by atoms with E-state index >= 15 is 0 Å². The van der Waals surface area contributed by atoms with Crippen molar-refractivity contribution in [2.75, 3.05) is 13.2 Å². The summed E-state index contributed by atoms with van der Waals surface area (Å²) in [6.07, 6.45) is 103. The first-order valence-corrected chi connectivity index (χ1v) is 41.6. The molecule has 0 fully saturated rings. The number of aliphatic hydroxyl groups is 2. The Balaban J connectivity index is 3.35. The Morgan fingerprint density at radius 3 is 0.789 bits per heavy atom. The zero-order valence-electron chi connectivity index (χ0n) is 61.4. The molecule has 0 aromatic carbocycles. The van der Waals surface area contributed by atoms with Gasteiger partial charge in [0.15, 0.2) is 0 Å². The second-order valence-corrected chi connectivity index (χ2v) is 28.8. The molecule has 6 heteroatoms. The molecular weight excluding hydrogens is 1100 g/mol. The van der Waals surface area contributed by atoms with E-state index in [1.807, 2.05) is 0 Å². The highest BCUT2D eigenvalue weighted by Gasteiger charge is 2.20. The molecule has 1 amide bonds. The fourth-order valence-electron chi connectivity index (χ4n) is 13.4. The van der Waals surface area contributed by atoms with Crippen LogP contribution in [-0.2, 0) is 14.3 Å². The van der Waals surface area contributed by atoms with Crippen LogP contribution in [0.2, 0.25) is 0 Å². The summed E-state index contributed by atoms with van der Waals surface area (Å²) in [7, 11) is 0. The smallest absolute Gasteiger partial charge is 0.305 e. The van der Waals surface area contributed by atoms with Crippen LogP contribution in [0.3, 0.4) is 0 Å². The topological polar surface area (TPSA) is 95.9 Å². The van der Waals surface area contributed by atoms with Crippen LogP contribution in [0.4, 0.5) is 0 Å². The number of carbonyl (C=O) groups excluding carboxylic acids is 2. The Labute approximate surface area is 564 Å². The third-order valence-corrected chi connectivity index (χ3v) is 19.7. The fraction of sp³-hybridized carbons (Fsp3) is 0.929. The summed E-state index contributed by atoms with van der Waals surface area (Å²) in [5.41, 5.74) is 0. The Bertz CT molecular complexity index is 1410. The molecule has 2 unspecified atom stereocenters. The van der Waals surface area contributed by atoms with Gasteiger partial charge in [-0.25, -0.2) is 0 Å². The van der Waals surface area contributed by atoms with Gasteiger partial charge >= 0.3 is 5.97 Å².